The van der Waals surface area contributed by atoms with Gasteiger partial charge in [-0.1, -0.05) is 0 Å². The van der Waals surface area contributed by atoms with E-state index in [2.05, 4.69) is 15.0 Å². The molecule has 194 valence electrons. The Hall–Kier alpha value is -3.15. The zero-order chi connectivity index (χ0) is 25.7. The van der Waals surface area contributed by atoms with Crippen molar-refractivity contribution in [2.45, 2.75) is 50.9 Å². The first-order chi connectivity index (χ1) is 17.3. The quantitative estimate of drug-likeness (QED) is 0.481. The minimum absolute atomic E-state index is 0.0334. The number of aliphatic hydroxyl groups is 2. The summed E-state index contributed by atoms with van der Waals surface area (Å²) in [4.78, 5) is 15.1. The monoisotopic (exact) mass is 503 g/mol. The fraction of sp³-hybridized carbons (Fsp3) is 0.480. The minimum atomic E-state index is -1.13. The highest BCUT2D eigenvalue weighted by Gasteiger charge is 2.25. The van der Waals surface area contributed by atoms with E-state index in [0.717, 1.165) is 19.3 Å². The summed E-state index contributed by atoms with van der Waals surface area (Å²) < 4.78 is 37.5. The molecule has 3 aromatic rings. The van der Waals surface area contributed by atoms with Crippen LogP contribution >= 0.6 is 0 Å². The van der Waals surface area contributed by atoms with Gasteiger partial charge >= 0.3 is 0 Å². The van der Waals surface area contributed by atoms with Crippen LogP contribution in [-0.4, -0.2) is 63.7 Å². The molecule has 4 heterocycles. The van der Waals surface area contributed by atoms with Crippen molar-refractivity contribution in [2.24, 2.45) is 0 Å². The number of nitrogens with zero attached hydrogens (tertiary/aromatic N) is 4. The summed E-state index contributed by atoms with van der Waals surface area (Å²) in [5.41, 5.74) is 7.40. The van der Waals surface area contributed by atoms with Gasteiger partial charge in [-0.2, -0.15) is 0 Å². The van der Waals surface area contributed by atoms with Gasteiger partial charge in [0, 0.05) is 45.2 Å². The van der Waals surface area contributed by atoms with Crippen LogP contribution in [0.4, 0.5) is 20.4 Å². The molecular formula is C25H31F2N5O4. The van der Waals surface area contributed by atoms with Crippen molar-refractivity contribution in [3.63, 3.8) is 0 Å². The van der Waals surface area contributed by atoms with E-state index in [0.29, 0.717) is 42.8 Å². The van der Waals surface area contributed by atoms with Crippen LogP contribution in [0.25, 0.3) is 11.0 Å². The molecule has 4 N–H and O–H groups in total. The molecule has 1 aromatic carbocycles. The Bertz CT molecular complexity index is 1160. The number of anilines is 2. The lowest BCUT2D eigenvalue weighted by molar-refractivity contribution is 0.0279. The van der Waals surface area contributed by atoms with Gasteiger partial charge in [0.15, 0.2) is 23.2 Å². The first-order valence-electron chi connectivity index (χ1n) is 12.1. The Kier molecular flexibility index (Phi) is 8.44. The molecule has 0 amide bonds. The van der Waals surface area contributed by atoms with Crippen LogP contribution in [0.15, 0.2) is 30.5 Å². The maximum atomic E-state index is 13.8. The number of halogens is 2. The van der Waals surface area contributed by atoms with Crippen LogP contribution in [0.3, 0.4) is 0 Å². The molecule has 2 aliphatic heterocycles. The number of aliphatic hydroxyl groups excluding tert-OH is 2. The lowest BCUT2D eigenvalue weighted by Crippen LogP contribution is -2.39. The van der Waals surface area contributed by atoms with Crippen molar-refractivity contribution in [3.8, 4) is 5.75 Å². The van der Waals surface area contributed by atoms with Crippen LogP contribution in [0.2, 0.25) is 0 Å². The lowest BCUT2D eigenvalue weighted by Gasteiger charge is -2.33. The van der Waals surface area contributed by atoms with Crippen LogP contribution in [0, 0.1) is 11.6 Å². The number of hydrogen-bond donors (Lipinski definition) is 3. The van der Waals surface area contributed by atoms with Gasteiger partial charge in [0.05, 0.1) is 23.5 Å². The normalized spacial score (nSPS) is 18.0. The van der Waals surface area contributed by atoms with E-state index in [4.69, 9.17) is 15.2 Å². The molecule has 9 nitrogen and oxygen atoms in total. The van der Waals surface area contributed by atoms with Crippen molar-refractivity contribution in [1.82, 2.24) is 15.0 Å². The number of nitrogens with two attached hydrogens (primary N) is 1. The molecule has 11 heteroatoms. The number of ether oxygens (including phenoxy) is 2. The lowest BCUT2D eigenvalue weighted by atomic mass is 10.1. The Morgan fingerprint density at radius 2 is 1.81 bits per heavy atom. The molecule has 0 aliphatic carbocycles. The third-order valence-electron chi connectivity index (χ3n) is 6.10. The van der Waals surface area contributed by atoms with Crippen LogP contribution < -0.4 is 15.4 Å². The molecule has 2 aromatic heterocycles. The third-order valence-corrected chi connectivity index (χ3v) is 6.10. The number of aromatic nitrogens is 3. The predicted octanol–water partition coefficient (Wildman–Crippen LogP) is 3.14. The molecule has 2 fully saturated rings. The summed E-state index contributed by atoms with van der Waals surface area (Å²) in [7, 11) is 0. The van der Waals surface area contributed by atoms with E-state index in [-0.39, 0.29) is 23.4 Å². The van der Waals surface area contributed by atoms with Crippen LogP contribution in [-0.2, 0) is 4.74 Å². The standard InChI is InChI=1S/C21H23F2N5O3.C4H8O/c1-11(29)19(30)16-9-15-17(10-25-16)27-21(20(24)26-15)28-6-4-13(5-7-28)31-18-3-2-12(22)8-14(18)23;1-2-4-5-3-1/h2-3,8-11,13,19,29-30H,4-7H2,1H3,(H2,24,26);1-4H2. The van der Waals surface area contributed by atoms with Crippen molar-refractivity contribution in [1.29, 1.82) is 0 Å². The summed E-state index contributed by atoms with van der Waals surface area (Å²) in [6.45, 7) is 4.62. The van der Waals surface area contributed by atoms with Crippen LogP contribution in [0.5, 0.6) is 5.75 Å². The molecule has 36 heavy (non-hydrogen) atoms. The van der Waals surface area contributed by atoms with Gasteiger partial charge in [-0.25, -0.2) is 18.7 Å². The second-order valence-electron chi connectivity index (χ2n) is 8.91. The van der Waals surface area contributed by atoms with Crippen molar-refractivity contribution >= 4 is 22.7 Å². The van der Waals surface area contributed by atoms with Gasteiger partial charge in [-0.3, -0.25) is 4.98 Å². The maximum Gasteiger partial charge on any atom is 0.172 e. The largest absolute Gasteiger partial charge is 0.487 e. The summed E-state index contributed by atoms with van der Waals surface area (Å²) in [5.74, 6) is -0.581. The summed E-state index contributed by atoms with van der Waals surface area (Å²) in [6, 6.07) is 4.81. The molecule has 2 unspecified atom stereocenters. The molecule has 0 bridgehead atoms. The number of rotatable bonds is 5. The number of benzene rings is 1. The van der Waals surface area contributed by atoms with Crippen molar-refractivity contribution < 1.29 is 28.5 Å². The molecule has 2 atom stereocenters. The molecule has 0 spiro atoms. The second kappa shape index (κ2) is 11.7. The SMILES string of the molecule is C1CCOC1.CC(O)C(O)c1cc2nc(N)c(N3CCC(Oc4ccc(F)cc4F)CC3)nc2cn1. The van der Waals surface area contributed by atoms with Gasteiger partial charge in [0.2, 0.25) is 0 Å². The summed E-state index contributed by atoms with van der Waals surface area (Å²) in [6.07, 6.45) is 2.94. The number of fused-ring (bicyclic) bond motifs is 1. The topological polar surface area (TPSA) is 127 Å². The van der Waals surface area contributed by atoms with Crippen molar-refractivity contribution in [2.75, 3.05) is 36.9 Å². The first kappa shape index (κ1) is 25.9. The van der Waals surface area contributed by atoms with Gasteiger partial charge < -0.3 is 30.3 Å². The number of hydrogen-bond acceptors (Lipinski definition) is 9. The average molecular weight is 504 g/mol. The Balaban J connectivity index is 0.000000543. The highest BCUT2D eigenvalue weighted by molar-refractivity contribution is 5.79. The number of piperidine rings is 1. The van der Waals surface area contributed by atoms with E-state index in [1.54, 1.807) is 6.07 Å². The smallest absolute Gasteiger partial charge is 0.172 e. The predicted molar refractivity (Wildman–Crippen MR) is 131 cm³/mol. The van der Waals surface area contributed by atoms with Gasteiger partial charge in [-0.05, 0) is 38.0 Å². The van der Waals surface area contributed by atoms with Crippen molar-refractivity contribution in [3.05, 3.63) is 47.8 Å². The fourth-order valence-corrected chi connectivity index (χ4v) is 4.07. The van der Waals surface area contributed by atoms with Crippen LogP contribution in [0.1, 0.15) is 44.4 Å². The fourth-order valence-electron chi connectivity index (χ4n) is 4.07. The molecule has 2 saturated heterocycles. The van der Waals surface area contributed by atoms with E-state index >= 15 is 0 Å². The van der Waals surface area contributed by atoms with Gasteiger partial charge in [0.25, 0.3) is 0 Å². The summed E-state index contributed by atoms with van der Waals surface area (Å²) >= 11 is 0. The molecule has 0 saturated carbocycles. The maximum absolute atomic E-state index is 13.8. The minimum Gasteiger partial charge on any atom is -0.487 e. The van der Waals surface area contributed by atoms with Gasteiger partial charge in [-0.15, -0.1) is 0 Å². The van der Waals surface area contributed by atoms with E-state index in [9.17, 15) is 19.0 Å². The second-order valence-corrected chi connectivity index (χ2v) is 8.91. The Labute approximate surface area is 207 Å². The Morgan fingerprint density at radius 3 is 2.42 bits per heavy atom. The number of nitrogen functional groups attached to an aromatic ring is 1. The summed E-state index contributed by atoms with van der Waals surface area (Å²) in [5, 5.41) is 19.5. The number of pyridine rings is 1. The van der Waals surface area contributed by atoms with E-state index < -0.39 is 23.8 Å². The van der Waals surface area contributed by atoms with E-state index in [1.807, 2.05) is 4.90 Å². The Morgan fingerprint density at radius 1 is 1.08 bits per heavy atom. The average Bonchev–Trinajstić information content (AvgIpc) is 3.45. The third kappa shape index (κ3) is 6.34. The highest BCUT2D eigenvalue weighted by Crippen LogP contribution is 2.28. The van der Waals surface area contributed by atoms with E-state index in [1.165, 1.54) is 38.1 Å². The molecule has 0 radical (unpaired) electrons. The molecule has 2 aliphatic rings. The zero-order valence-electron chi connectivity index (χ0n) is 20.1. The molecular weight excluding hydrogens is 472 g/mol. The zero-order valence-corrected chi connectivity index (χ0v) is 20.1. The molecule has 5 rings (SSSR count). The van der Waals surface area contributed by atoms with Gasteiger partial charge in [0.1, 0.15) is 23.5 Å². The first-order valence-corrected chi connectivity index (χ1v) is 12.1. The highest BCUT2D eigenvalue weighted by atomic mass is 19.1.